The van der Waals surface area contributed by atoms with Gasteiger partial charge in [-0.3, -0.25) is 9.69 Å². The molecule has 0 bridgehead atoms. The van der Waals surface area contributed by atoms with Crippen LogP contribution in [0, 0.1) is 0 Å². The van der Waals surface area contributed by atoms with Gasteiger partial charge in [0, 0.05) is 12.6 Å². The number of aliphatic carboxylic acids is 1. The second-order valence-electron chi connectivity index (χ2n) is 5.70. The number of nitrogens with zero attached hydrogens (tertiary/aromatic N) is 1. The van der Waals surface area contributed by atoms with Crippen LogP contribution in [0.15, 0.2) is 18.2 Å². The molecule has 0 aromatic heterocycles. The minimum atomic E-state index is -0.714. The summed E-state index contributed by atoms with van der Waals surface area (Å²) in [6.45, 7) is 2.92. The van der Waals surface area contributed by atoms with Crippen LogP contribution in [0.2, 0.25) is 0 Å². The predicted octanol–water partition coefficient (Wildman–Crippen LogP) is 2.29. The number of ether oxygens (including phenoxy) is 2. The van der Waals surface area contributed by atoms with Gasteiger partial charge < -0.3 is 14.6 Å². The lowest BCUT2D eigenvalue weighted by Crippen LogP contribution is -2.40. The highest BCUT2D eigenvalue weighted by Crippen LogP contribution is 2.32. The Labute approximate surface area is 124 Å². The van der Waals surface area contributed by atoms with Crippen molar-refractivity contribution in [1.29, 1.82) is 0 Å². The first-order chi connectivity index (χ1) is 10.2. The average molecular weight is 291 g/mol. The fourth-order valence-electron chi connectivity index (χ4n) is 3.12. The third kappa shape index (κ3) is 3.47. The molecule has 5 nitrogen and oxygen atoms in total. The van der Waals surface area contributed by atoms with Crippen molar-refractivity contribution in [3.63, 3.8) is 0 Å². The summed E-state index contributed by atoms with van der Waals surface area (Å²) in [5.41, 5.74) is 1.15. The summed E-state index contributed by atoms with van der Waals surface area (Å²) >= 11 is 0. The molecule has 1 saturated heterocycles. The maximum atomic E-state index is 11.0. The molecule has 1 fully saturated rings. The van der Waals surface area contributed by atoms with Crippen molar-refractivity contribution in [2.45, 2.75) is 38.3 Å². The Morgan fingerprint density at radius 1 is 1.24 bits per heavy atom. The number of benzene rings is 1. The van der Waals surface area contributed by atoms with E-state index in [2.05, 4.69) is 4.90 Å². The van der Waals surface area contributed by atoms with Gasteiger partial charge >= 0.3 is 5.97 Å². The first-order valence-electron chi connectivity index (χ1n) is 7.57. The lowest BCUT2D eigenvalue weighted by Gasteiger charge is -2.35. The van der Waals surface area contributed by atoms with Crippen molar-refractivity contribution in [1.82, 2.24) is 4.90 Å². The largest absolute Gasteiger partial charge is 0.486 e. The minimum absolute atomic E-state index is 0.143. The topological polar surface area (TPSA) is 59.0 Å². The van der Waals surface area contributed by atoms with Gasteiger partial charge in [0.15, 0.2) is 11.5 Å². The van der Waals surface area contributed by atoms with Crippen LogP contribution < -0.4 is 9.47 Å². The Balaban J connectivity index is 1.70. The third-order valence-corrected chi connectivity index (χ3v) is 4.15. The Morgan fingerprint density at radius 2 is 2.05 bits per heavy atom. The van der Waals surface area contributed by atoms with Crippen molar-refractivity contribution in [2.75, 3.05) is 19.8 Å². The standard InChI is InChI=1S/C16H21NO4/c18-16(19)10-13-3-1-2-6-17(13)11-12-4-5-14-15(9-12)21-8-7-20-14/h4-5,9,13H,1-3,6-8,10-11H2,(H,18,19). The number of carboxylic acid groups (broad SMARTS) is 1. The fraction of sp³-hybridized carbons (Fsp3) is 0.562. The summed E-state index contributed by atoms with van der Waals surface area (Å²) in [6, 6.07) is 6.14. The molecule has 0 aliphatic carbocycles. The lowest BCUT2D eigenvalue weighted by molar-refractivity contribution is -0.138. The fourth-order valence-corrected chi connectivity index (χ4v) is 3.12. The Morgan fingerprint density at radius 3 is 2.86 bits per heavy atom. The van der Waals surface area contributed by atoms with Crippen molar-refractivity contribution in [3.8, 4) is 11.5 Å². The van der Waals surface area contributed by atoms with Gasteiger partial charge in [-0.05, 0) is 37.1 Å². The lowest BCUT2D eigenvalue weighted by atomic mass is 9.98. The van der Waals surface area contributed by atoms with Gasteiger partial charge in [-0.2, -0.15) is 0 Å². The van der Waals surface area contributed by atoms with Crippen molar-refractivity contribution < 1.29 is 19.4 Å². The van der Waals surface area contributed by atoms with E-state index in [1.165, 1.54) is 0 Å². The molecule has 1 aromatic rings. The molecule has 3 rings (SSSR count). The molecule has 1 unspecified atom stereocenters. The van der Waals surface area contributed by atoms with E-state index in [4.69, 9.17) is 14.6 Å². The SMILES string of the molecule is O=C(O)CC1CCCCN1Cc1ccc2c(c1)OCCO2. The summed E-state index contributed by atoms with van der Waals surface area (Å²) in [5, 5.41) is 9.04. The Bertz CT molecular complexity index is 517. The van der Waals surface area contributed by atoms with Gasteiger partial charge in [0.1, 0.15) is 13.2 Å². The highest BCUT2D eigenvalue weighted by molar-refractivity contribution is 5.67. The molecule has 1 atom stereocenters. The maximum absolute atomic E-state index is 11.0. The summed E-state index contributed by atoms with van der Waals surface area (Å²) in [7, 11) is 0. The van der Waals surface area contributed by atoms with E-state index in [-0.39, 0.29) is 12.5 Å². The monoisotopic (exact) mass is 291 g/mol. The van der Waals surface area contributed by atoms with E-state index < -0.39 is 5.97 Å². The van der Waals surface area contributed by atoms with Gasteiger partial charge in [0.05, 0.1) is 6.42 Å². The second kappa shape index (κ2) is 6.35. The van der Waals surface area contributed by atoms with Crippen molar-refractivity contribution in [2.24, 2.45) is 0 Å². The van der Waals surface area contributed by atoms with E-state index >= 15 is 0 Å². The zero-order valence-electron chi connectivity index (χ0n) is 12.1. The highest BCUT2D eigenvalue weighted by Gasteiger charge is 2.25. The molecule has 0 radical (unpaired) electrons. The van der Waals surface area contributed by atoms with Crippen LogP contribution in [-0.2, 0) is 11.3 Å². The molecule has 0 saturated carbocycles. The second-order valence-corrected chi connectivity index (χ2v) is 5.70. The van der Waals surface area contributed by atoms with Gasteiger partial charge in [-0.25, -0.2) is 0 Å². The normalized spacial score (nSPS) is 22.0. The number of fused-ring (bicyclic) bond motifs is 1. The molecule has 21 heavy (non-hydrogen) atoms. The molecule has 2 aliphatic rings. The zero-order chi connectivity index (χ0) is 14.7. The van der Waals surface area contributed by atoms with Crippen molar-refractivity contribution in [3.05, 3.63) is 23.8 Å². The van der Waals surface area contributed by atoms with E-state index in [0.29, 0.717) is 13.2 Å². The number of rotatable bonds is 4. The van der Waals surface area contributed by atoms with Gasteiger partial charge in [0.25, 0.3) is 0 Å². The minimum Gasteiger partial charge on any atom is -0.486 e. The van der Waals surface area contributed by atoms with Gasteiger partial charge in [-0.15, -0.1) is 0 Å². The molecule has 1 aromatic carbocycles. The average Bonchev–Trinajstić information content (AvgIpc) is 2.49. The number of hydrogen-bond donors (Lipinski definition) is 1. The zero-order valence-corrected chi connectivity index (χ0v) is 12.1. The molecule has 114 valence electrons. The van der Waals surface area contributed by atoms with E-state index in [1.54, 1.807) is 0 Å². The van der Waals surface area contributed by atoms with E-state index in [1.807, 2.05) is 18.2 Å². The Hall–Kier alpha value is -1.75. The summed E-state index contributed by atoms with van der Waals surface area (Å²) in [4.78, 5) is 13.3. The van der Waals surface area contributed by atoms with Gasteiger partial charge in [-0.1, -0.05) is 12.5 Å². The molecule has 1 N–H and O–H groups in total. The Kier molecular flexibility index (Phi) is 4.29. The summed E-state index contributed by atoms with van der Waals surface area (Å²) < 4.78 is 11.1. The van der Waals surface area contributed by atoms with Crippen LogP contribution in [0.3, 0.4) is 0 Å². The summed E-state index contributed by atoms with van der Waals surface area (Å²) in [5.74, 6) is 0.880. The maximum Gasteiger partial charge on any atom is 0.304 e. The molecule has 0 spiro atoms. The molecule has 2 heterocycles. The highest BCUT2D eigenvalue weighted by atomic mass is 16.6. The number of carboxylic acids is 1. The third-order valence-electron chi connectivity index (χ3n) is 4.15. The number of hydrogen-bond acceptors (Lipinski definition) is 4. The number of carbonyl (C=O) groups is 1. The first kappa shape index (κ1) is 14.2. The summed E-state index contributed by atoms with van der Waals surface area (Å²) in [6.07, 6.45) is 3.46. The van der Waals surface area contributed by atoms with Crippen LogP contribution in [0.1, 0.15) is 31.2 Å². The molecular formula is C16H21NO4. The van der Waals surface area contributed by atoms with Crippen LogP contribution in [0.4, 0.5) is 0 Å². The quantitative estimate of drug-likeness (QED) is 0.922. The van der Waals surface area contributed by atoms with Crippen LogP contribution >= 0.6 is 0 Å². The molecule has 0 amide bonds. The van der Waals surface area contributed by atoms with Crippen LogP contribution in [0.5, 0.6) is 11.5 Å². The molecular weight excluding hydrogens is 270 g/mol. The van der Waals surface area contributed by atoms with Gasteiger partial charge in [0.2, 0.25) is 0 Å². The van der Waals surface area contributed by atoms with Crippen LogP contribution in [0.25, 0.3) is 0 Å². The number of piperidine rings is 1. The van der Waals surface area contributed by atoms with Crippen molar-refractivity contribution >= 4 is 5.97 Å². The van der Waals surface area contributed by atoms with Crippen LogP contribution in [-0.4, -0.2) is 41.8 Å². The number of likely N-dealkylation sites (tertiary alicyclic amines) is 1. The molecule has 2 aliphatic heterocycles. The smallest absolute Gasteiger partial charge is 0.304 e. The predicted molar refractivity (Wildman–Crippen MR) is 77.7 cm³/mol. The molecule has 5 heteroatoms. The first-order valence-corrected chi connectivity index (χ1v) is 7.57. The van der Waals surface area contributed by atoms with E-state index in [0.717, 1.165) is 49.4 Å². The van der Waals surface area contributed by atoms with E-state index in [9.17, 15) is 4.79 Å².